The number of methoxy groups -OCH3 is 1. The second-order valence-corrected chi connectivity index (χ2v) is 6.76. The van der Waals surface area contributed by atoms with Gasteiger partial charge in [0.2, 0.25) is 0 Å². The first-order valence-corrected chi connectivity index (χ1v) is 8.07. The molecular weight excluding hydrogens is 292 g/mol. The maximum Gasteiger partial charge on any atom is 0.407 e. The summed E-state index contributed by atoms with van der Waals surface area (Å²) in [5.74, 6) is 0. The summed E-state index contributed by atoms with van der Waals surface area (Å²) < 4.78 is 10.3. The molecule has 0 radical (unpaired) electrons. The first-order valence-electron chi connectivity index (χ1n) is 8.07. The smallest absolute Gasteiger partial charge is 0.407 e. The maximum absolute atomic E-state index is 11.6. The highest BCUT2D eigenvalue weighted by molar-refractivity contribution is 5.67. The fourth-order valence-corrected chi connectivity index (χ4v) is 2.05. The van der Waals surface area contributed by atoms with Crippen LogP contribution in [0.15, 0.2) is 24.3 Å². The molecule has 23 heavy (non-hydrogen) atoms. The molecule has 5 heteroatoms. The number of hydrogen-bond donors (Lipinski definition) is 2. The van der Waals surface area contributed by atoms with E-state index in [4.69, 9.17) is 9.47 Å². The topological polar surface area (TPSA) is 59.6 Å². The first-order chi connectivity index (χ1) is 10.8. The lowest BCUT2D eigenvalue weighted by Gasteiger charge is -2.22. The number of benzene rings is 1. The molecule has 0 spiro atoms. The Morgan fingerprint density at radius 3 is 2.35 bits per heavy atom. The molecule has 0 aliphatic heterocycles. The van der Waals surface area contributed by atoms with Gasteiger partial charge in [-0.15, -0.1) is 0 Å². The summed E-state index contributed by atoms with van der Waals surface area (Å²) in [6.07, 6.45) is 0.486. The summed E-state index contributed by atoms with van der Waals surface area (Å²) in [4.78, 5) is 11.6. The van der Waals surface area contributed by atoms with Crippen molar-refractivity contribution in [1.29, 1.82) is 0 Å². The van der Waals surface area contributed by atoms with Crippen LogP contribution in [0.5, 0.6) is 0 Å². The van der Waals surface area contributed by atoms with Gasteiger partial charge in [-0.25, -0.2) is 4.79 Å². The molecule has 0 aliphatic rings. The van der Waals surface area contributed by atoms with E-state index in [0.717, 1.165) is 19.5 Å². The molecule has 1 atom stereocenters. The van der Waals surface area contributed by atoms with Crippen molar-refractivity contribution in [3.8, 4) is 0 Å². The molecule has 1 unspecified atom stereocenters. The Labute approximate surface area is 139 Å². The van der Waals surface area contributed by atoms with Crippen LogP contribution in [0.3, 0.4) is 0 Å². The highest BCUT2D eigenvalue weighted by Gasteiger charge is 2.17. The van der Waals surface area contributed by atoms with Gasteiger partial charge in [-0.05, 0) is 51.8 Å². The van der Waals surface area contributed by atoms with Gasteiger partial charge in [0.15, 0.2) is 0 Å². The van der Waals surface area contributed by atoms with Gasteiger partial charge in [0, 0.05) is 19.7 Å². The lowest BCUT2D eigenvalue weighted by molar-refractivity contribution is 0.0506. The van der Waals surface area contributed by atoms with Crippen molar-refractivity contribution in [2.75, 3.05) is 13.7 Å². The summed E-state index contributed by atoms with van der Waals surface area (Å²) in [5.41, 5.74) is 1.95. The van der Waals surface area contributed by atoms with Crippen LogP contribution in [0.25, 0.3) is 0 Å². The van der Waals surface area contributed by atoms with Crippen molar-refractivity contribution in [3.05, 3.63) is 35.4 Å². The van der Waals surface area contributed by atoms with E-state index in [1.807, 2.05) is 27.7 Å². The molecule has 2 N–H and O–H groups in total. The van der Waals surface area contributed by atoms with Gasteiger partial charge in [0.1, 0.15) is 5.60 Å². The van der Waals surface area contributed by atoms with Crippen molar-refractivity contribution in [2.45, 2.75) is 58.9 Å². The molecule has 0 saturated heterocycles. The molecule has 130 valence electrons. The minimum Gasteiger partial charge on any atom is -0.444 e. The number of ether oxygens (including phenoxy) is 2. The van der Waals surface area contributed by atoms with Gasteiger partial charge in [-0.3, -0.25) is 0 Å². The summed E-state index contributed by atoms with van der Waals surface area (Å²) in [6.45, 7) is 9.83. The van der Waals surface area contributed by atoms with Gasteiger partial charge in [-0.2, -0.15) is 0 Å². The standard InChI is InChI=1S/C18H30N2O3/c1-14(20-17(21)23-18(2,3)4)10-11-19-12-15-6-8-16(9-7-15)13-22-5/h6-9,14,19H,10-13H2,1-5H3,(H,20,21). The molecule has 0 aliphatic carbocycles. The van der Waals surface area contributed by atoms with E-state index in [-0.39, 0.29) is 12.1 Å². The molecule has 5 nitrogen and oxygen atoms in total. The number of carbonyl (C=O) groups is 1. The van der Waals surface area contributed by atoms with Crippen LogP contribution >= 0.6 is 0 Å². The Balaban J connectivity index is 2.19. The van der Waals surface area contributed by atoms with E-state index >= 15 is 0 Å². The SMILES string of the molecule is COCc1ccc(CNCCC(C)NC(=O)OC(C)(C)C)cc1. The Morgan fingerprint density at radius 1 is 1.17 bits per heavy atom. The van der Waals surface area contributed by atoms with E-state index in [0.29, 0.717) is 6.61 Å². The van der Waals surface area contributed by atoms with Crippen molar-refractivity contribution in [3.63, 3.8) is 0 Å². The van der Waals surface area contributed by atoms with E-state index in [2.05, 4.69) is 34.9 Å². The highest BCUT2D eigenvalue weighted by Crippen LogP contribution is 2.07. The molecule has 0 fully saturated rings. The summed E-state index contributed by atoms with van der Waals surface area (Å²) >= 11 is 0. The van der Waals surface area contributed by atoms with Crippen LogP contribution in [0.4, 0.5) is 4.79 Å². The van der Waals surface area contributed by atoms with Crippen LogP contribution in [-0.4, -0.2) is 31.4 Å². The lowest BCUT2D eigenvalue weighted by Crippen LogP contribution is -2.38. The third kappa shape index (κ3) is 9.21. The number of hydrogen-bond acceptors (Lipinski definition) is 4. The van der Waals surface area contributed by atoms with Gasteiger partial charge < -0.3 is 20.1 Å². The van der Waals surface area contributed by atoms with Gasteiger partial charge >= 0.3 is 6.09 Å². The second kappa shape index (κ2) is 9.53. The molecule has 1 aromatic rings. The van der Waals surface area contributed by atoms with E-state index < -0.39 is 5.60 Å². The number of amides is 1. The number of carbonyl (C=O) groups excluding carboxylic acids is 1. The average molecular weight is 322 g/mol. The van der Waals surface area contributed by atoms with Crippen molar-refractivity contribution in [1.82, 2.24) is 10.6 Å². The molecular formula is C18H30N2O3. The minimum absolute atomic E-state index is 0.0708. The van der Waals surface area contributed by atoms with Crippen LogP contribution < -0.4 is 10.6 Å². The maximum atomic E-state index is 11.6. The molecule has 1 aromatic carbocycles. The Bertz CT molecular complexity index is 466. The lowest BCUT2D eigenvalue weighted by atomic mass is 10.1. The molecule has 0 aromatic heterocycles. The Hall–Kier alpha value is -1.59. The quantitative estimate of drug-likeness (QED) is 0.722. The molecule has 0 saturated carbocycles. The normalized spacial score (nSPS) is 12.7. The predicted molar refractivity (Wildman–Crippen MR) is 92.3 cm³/mol. The van der Waals surface area contributed by atoms with Gasteiger partial charge in [-0.1, -0.05) is 24.3 Å². The van der Waals surface area contributed by atoms with Crippen LogP contribution in [0.2, 0.25) is 0 Å². The first kappa shape index (κ1) is 19.5. The zero-order chi connectivity index (χ0) is 17.3. The number of alkyl carbamates (subject to hydrolysis) is 1. The van der Waals surface area contributed by atoms with E-state index in [1.165, 1.54) is 11.1 Å². The Kier molecular flexibility index (Phi) is 8.06. The summed E-state index contributed by atoms with van der Waals surface area (Å²) in [7, 11) is 1.70. The van der Waals surface area contributed by atoms with E-state index in [9.17, 15) is 4.79 Å². The second-order valence-electron chi connectivity index (χ2n) is 6.76. The van der Waals surface area contributed by atoms with E-state index in [1.54, 1.807) is 7.11 Å². The number of nitrogens with one attached hydrogen (secondary N) is 2. The summed E-state index contributed by atoms with van der Waals surface area (Å²) in [5, 5.41) is 6.22. The Morgan fingerprint density at radius 2 is 1.78 bits per heavy atom. The third-order valence-corrected chi connectivity index (χ3v) is 3.18. The fourth-order valence-electron chi connectivity index (χ4n) is 2.05. The fraction of sp³-hybridized carbons (Fsp3) is 0.611. The van der Waals surface area contributed by atoms with Crippen molar-refractivity contribution >= 4 is 6.09 Å². The average Bonchev–Trinajstić information content (AvgIpc) is 2.43. The van der Waals surface area contributed by atoms with Crippen LogP contribution in [0, 0.1) is 0 Å². The predicted octanol–water partition coefficient (Wildman–Crippen LogP) is 3.23. The monoisotopic (exact) mass is 322 g/mol. The summed E-state index contributed by atoms with van der Waals surface area (Å²) in [6, 6.07) is 8.43. The molecule has 0 heterocycles. The zero-order valence-electron chi connectivity index (χ0n) is 14.9. The van der Waals surface area contributed by atoms with Gasteiger partial charge in [0.25, 0.3) is 0 Å². The van der Waals surface area contributed by atoms with Crippen LogP contribution in [0.1, 0.15) is 45.2 Å². The zero-order valence-corrected chi connectivity index (χ0v) is 14.9. The number of rotatable bonds is 8. The van der Waals surface area contributed by atoms with Crippen molar-refractivity contribution < 1.29 is 14.3 Å². The molecule has 1 rings (SSSR count). The van der Waals surface area contributed by atoms with Gasteiger partial charge in [0.05, 0.1) is 6.61 Å². The molecule has 1 amide bonds. The van der Waals surface area contributed by atoms with Crippen molar-refractivity contribution in [2.24, 2.45) is 0 Å². The highest BCUT2D eigenvalue weighted by atomic mass is 16.6. The van der Waals surface area contributed by atoms with Crippen LogP contribution in [-0.2, 0) is 22.6 Å². The minimum atomic E-state index is -0.461. The largest absolute Gasteiger partial charge is 0.444 e. The third-order valence-electron chi connectivity index (χ3n) is 3.18. The molecule has 0 bridgehead atoms.